The molecule has 0 saturated carbocycles. The van der Waals surface area contributed by atoms with E-state index in [1.807, 2.05) is 36.4 Å². The summed E-state index contributed by atoms with van der Waals surface area (Å²) in [5.41, 5.74) is 3.45. The van der Waals surface area contributed by atoms with E-state index >= 15 is 0 Å². The van der Waals surface area contributed by atoms with Crippen molar-refractivity contribution in [2.24, 2.45) is 5.92 Å². The fourth-order valence-electron chi connectivity index (χ4n) is 4.56. The lowest BCUT2D eigenvalue weighted by atomic mass is 10.00. The molecule has 192 valence electrons. The summed E-state index contributed by atoms with van der Waals surface area (Å²) < 4.78 is 18.3. The maximum atomic E-state index is 13.4. The van der Waals surface area contributed by atoms with Gasteiger partial charge in [-0.05, 0) is 44.2 Å². The van der Waals surface area contributed by atoms with Crippen molar-refractivity contribution in [3.8, 4) is 11.1 Å². The summed E-state index contributed by atoms with van der Waals surface area (Å²) >= 11 is 0. The summed E-state index contributed by atoms with van der Waals surface area (Å²) in [5, 5.41) is 5.00. The van der Waals surface area contributed by atoms with Gasteiger partial charge in [-0.1, -0.05) is 44.2 Å². The van der Waals surface area contributed by atoms with Gasteiger partial charge in [-0.15, -0.1) is 5.10 Å². The van der Waals surface area contributed by atoms with Gasteiger partial charge in [-0.3, -0.25) is 0 Å². The third kappa shape index (κ3) is 5.23. The minimum atomic E-state index is -0.549. The van der Waals surface area contributed by atoms with Crippen molar-refractivity contribution in [3.63, 3.8) is 0 Å². The maximum absolute atomic E-state index is 13.4. The number of aryl methyl sites for hydroxylation is 1. The monoisotopic (exact) mass is 493 g/mol. The van der Waals surface area contributed by atoms with Crippen LogP contribution in [0, 0.1) is 5.92 Å². The minimum absolute atomic E-state index is 0.194. The van der Waals surface area contributed by atoms with E-state index in [4.69, 9.17) is 19.3 Å². The zero-order valence-corrected chi connectivity index (χ0v) is 21.6. The van der Waals surface area contributed by atoms with E-state index < -0.39 is 11.9 Å². The molecule has 0 spiro atoms. The van der Waals surface area contributed by atoms with Crippen molar-refractivity contribution in [3.05, 3.63) is 53.2 Å². The number of fused-ring (bicyclic) bond motifs is 1. The molecule has 1 aliphatic heterocycles. The van der Waals surface area contributed by atoms with Crippen molar-refractivity contribution < 1.29 is 23.8 Å². The third-order valence-electron chi connectivity index (χ3n) is 6.31. The van der Waals surface area contributed by atoms with Crippen LogP contribution in [0.1, 0.15) is 60.5 Å². The Morgan fingerprint density at radius 3 is 2.25 bits per heavy atom. The zero-order chi connectivity index (χ0) is 25.7. The second-order valence-electron chi connectivity index (χ2n) is 9.21. The number of hydrogen-bond acceptors (Lipinski definition) is 7. The highest BCUT2D eigenvalue weighted by Crippen LogP contribution is 2.36. The van der Waals surface area contributed by atoms with Gasteiger partial charge in [-0.2, -0.15) is 0 Å². The van der Waals surface area contributed by atoms with Crippen molar-refractivity contribution in [2.75, 3.05) is 44.4 Å². The third-order valence-corrected chi connectivity index (χ3v) is 6.31. The second kappa shape index (κ2) is 11.6. The fourth-order valence-corrected chi connectivity index (χ4v) is 4.56. The van der Waals surface area contributed by atoms with E-state index in [2.05, 4.69) is 18.7 Å². The van der Waals surface area contributed by atoms with Crippen molar-refractivity contribution >= 4 is 23.3 Å². The Morgan fingerprint density at radius 1 is 1.00 bits per heavy atom. The smallest absolute Gasteiger partial charge is 0.341 e. The number of anilines is 1. The van der Waals surface area contributed by atoms with Crippen LogP contribution in [0.5, 0.6) is 0 Å². The van der Waals surface area contributed by atoms with Gasteiger partial charge in [0.05, 0.1) is 43.2 Å². The Bertz CT molecular complexity index is 1210. The highest BCUT2D eigenvalue weighted by molar-refractivity contribution is 6.12. The number of carbonyl (C=O) groups is 2. The van der Waals surface area contributed by atoms with Crippen LogP contribution < -0.4 is 4.90 Å². The van der Waals surface area contributed by atoms with E-state index in [0.717, 1.165) is 23.4 Å². The molecule has 8 heteroatoms. The lowest BCUT2D eigenvalue weighted by molar-refractivity contribution is 0.0480. The Kier molecular flexibility index (Phi) is 8.25. The molecule has 36 heavy (non-hydrogen) atoms. The van der Waals surface area contributed by atoms with Gasteiger partial charge in [0, 0.05) is 18.7 Å². The number of benzene rings is 1. The number of aromatic nitrogens is 2. The van der Waals surface area contributed by atoms with Crippen LogP contribution in [0.3, 0.4) is 0 Å². The Balaban J connectivity index is 2.09. The molecular formula is C28H35N3O5. The van der Waals surface area contributed by atoms with Gasteiger partial charge < -0.3 is 19.1 Å². The van der Waals surface area contributed by atoms with E-state index in [1.54, 1.807) is 18.4 Å². The first-order chi connectivity index (χ1) is 17.5. The number of nitrogens with zero attached hydrogens (tertiary/aromatic N) is 3. The highest BCUT2D eigenvalue weighted by Gasteiger charge is 2.33. The molecule has 3 heterocycles. The van der Waals surface area contributed by atoms with Crippen LogP contribution in [-0.2, 0) is 20.6 Å². The first kappa shape index (κ1) is 25.7. The summed E-state index contributed by atoms with van der Waals surface area (Å²) in [4.78, 5) is 28.9. The summed E-state index contributed by atoms with van der Waals surface area (Å²) in [5.74, 6) is 0.0904. The maximum Gasteiger partial charge on any atom is 0.341 e. The molecule has 1 aromatic carbocycles. The lowest BCUT2D eigenvalue weighted by Crippen LogP contribution is -2.37. The molecule has 1 saturated heterocycles. The van der Waals surface area contributed by atoms with Gasteiger partial charge in [0.15, 0.2) is 0 Å². The number of carbonyl (C=O) groups excluding carboxylic acids is 2. The van der Waals surface area contributed by atoms with Gasteiger partial charge >= 0.3 is 11.9 Å². The Labute approximate surface area is 212 Å². The highest BCUT2D eigenvalue weighted by atomic mass is 16.5. The normalized spacial score (nSPS) is 13.9. The van der Waals surface area contributed by atoms with Crippen molar-refractivity contribution in [1.82, 2.24) is 9.61 Å². The molecule has 2 aromatic heterocycles. The molecule has 0 atom stereocenters. The molecule has 8 nitrogen and oxygen atoms in total. The van der Waals surface area contributed by atoms with Gasteiger partial charge in [0.2, 0.25) is 0 Å². The largest absolute Gasteiger partial charge is 0.462 e. The summed E-state index contributed by atoms with van der Waals surface area (Å²) in [6.45, 7) is 10.8. The number of rotatable bonds is 9. The first-order valence-corrected chi connectivity index (χ1v) is 12.8. The molecule has 1 aliphatic rings. The van der Waals surface area contributed by atoms with Gasteiger partial charge in [0.25, 0.3) is 0 Å². The van der Waals surface area contributed by atoms with E-state index in [-0.39, 0.29) is 24.3 Å². The summed E-state index contributed by atoms with van der Waals surface area (Å²) in [6.07, 6.45) is 1.39. The number of hydrogen-bond donors (Lipinski definition) is 0. The van der Waals surface area contributed by atoms with E-state index in [9.17, 15) is 9.59 Å². The molecule has 0 unspecified atom stereocenters. The zero-order valence-electron chi connectivity index (χ0n) is 21.6. The first-order valence-electron chi connectivity index (χ1n) is 12.8. The average Bonchev–Trinajstić information content (AvgIpc) is 3.22. The summed E-state index contributed by atoms with van der Waals surface area (Å²) in [7, 11) is 0. The van der Waals surface area contributed by atoms with E-state index in [0.29, 0.717) is 49.9 Å². The van der Waals surface area contributed by atoms with Crippen molar-refractivity contribution in [1.29, 1.82) is 0 Å². The molecule has 3 aromatic rings. The van der Waals surface area contributed by atoms with E-state index in [1.165, 1.54) is 0 Å². The molecular weight excluding hydrogens is 458 g/mol. The SMILES string of the molecule is CCOC(=O)c1c(C(=O)OCC)c2c(-c3ccccc3)cc(N3CCOCC3)nn2c1CCC(C)C. The summed E-state index contributed by atoms with van der Waals surface area (Å²) in [6, 6.07) is 11.9. The molecule has 4 rings (SSSR count). The van der Waals surface area contributed by atoms with Gasteiger partial charge in [-0.25, -0.2) is 14.1 Å². The second-order valence-corrected chi connectivity index (χ2v) is 9.21. The predicted molar refractivity (Wildman–Crippen MR) is 139 cm³/mol. The molecule has 0 N–H and O–H groups in total. The molecule has 0 amide bonds. The number of esters is 2. The fraction of sp³-hybridized carbons (Fsp3) is 0.464. The van der Waals surface area contributed by atoms with Crippen LogP contribution in [0.25, 0.3) is 16.6 Å². The molecule has 0 radical (unpaired) electrons. The molecule has 0 aliphatic carbocycles. The quantitative estimate of drug-likeness (QED) is 0.397. The minimum Gasteiger partial charge on any atom is -0.462 e. The van der Waals surface area contributed by atoms with Crippen LogP contribution in [-0.4, -0.2) is 61.1 Å². The average molecular weight is 494 g/mol. The van der Waals surface area contributed by atoms with Crippen LogP contribution in [0.15, 0.2) is 36.4 Å². The van der Waals surface area contributed by atoms with Gasteiger partial charge in [0.1, 0.15) is 11.4 Å². The van der Waals surface area contributed by atoms with Crippen LogP contribution in [0.2, 0.25) is 0 Å². The van der Waals surface area contributed by atoms with Crippen LogP contribution in [0.4, 0.5) is 5.82 Å². The van der Waals surface area contributed by atoms with Crippen LogP contribution >= 0.6 is 0 Å². The molecule has 1 fully saturated rings. The lowest BCUT2D eigenvalue weighted by Gasteiger charge is -2.28. The number of morpholine rings is 1. The Hall–Kier alpha value is -3.39. The molecule has 0 bridgehead atoms. The Morgan fingerprint density at radius 2 is 1.64 bits per heavy atom. The number of ether oxygens (including phenoxy) is 3. The topological polar surface area (TPSA) is 82.4 Å². The van der Waals surface area contributed by atoms with Crippen molar-refractivity contribution in [2.45, 2.75) is 40.5 Å². The standard InChI is InChI=1S/C28H35N3O5/c1-5-35-27(32)24-22(13-12-19(3)4)31-26(25(24)28(33)36-6-2)21(20-10-8-7-9-11-20)18-23(29-31)30-14-16-34-17-15-30/h7-11,18-19H,5-6,12-17H2,1-4H3. The predicted octanol–water partition coefficient (Wildman–Crippen LogP) is 4.78.